The summed E-state index contributed by atoms with van der Waals surface area (Å²) in [7, 11) is 0. The largest absolute Gasteiger partial charge is 0.468 e. The first-order chi connectivity index (χ1) is 17.1. The lowest BCUT2D eigenvalue weighted by Crippen LogP contribution is -2.33. The zero-order valence-electron chi connectivity index (χ0n) is 20.6. The molecule has 8 nitrogen and oxygen atoms in total. The Hall–Kier alpha value is -3.26. The number of nitrogens with one attached hydrogen (secondary N) is 1. The predicted molar refractivity (Wildman–Crippen MR) is 135 cm³/mol. The molecule has 0 saturated heterocycles. The van der Waals surface area contributed by atoms with Gasteiger partial charge in [-0.2, -0.15) is 0 Å². The Morgan fingerprint density at radius 3 is 2.80 bits per heavy atom. The standard InChI is InChI=1S/C27H34N6O2/c1-3-9-24(26-29-30-31-33(26)22-12-5-4-6-13-22)32(18-23-14-8-15-35-23)17-21-16-20-11-7-10-19(2)25(20)28-27(21)34/h7-8,10-11,14-16,22,24H,3-6,9,12-13,17-18H2,1-2H3,(H,28,34). The van der Waals surface area contributed by atoms with Crippen LogP contribution in [0.25, 0.3) is 10.9 Å². The highest BCUT2D eigenvalue weighted by molar-refractivity contribution is 5.81. The highest BCUT2D eigenvalue weighted by atomic mass is 16.3. The van der Waals surface area contributed by atoms with Crippen LogP contribution in [0.15, 0.2) is 51.9 Å². The van der Waals surface area contributed by atoms with Crippen molar-refractivity contribution in [1.82, 2.24) is 30.1 Å². The number of pyridine rings is 1. The molecule has 1 aliphatic carbocycles. The van der Waals surface area contributed by atoms with Gasteiger partial charge >= 0.3 is 0 Å². The lowest BCUT2D eigenvalue weighted by molar-refractivity contribution is 0.139. The van der Waals surface area contributed by atoms with Crippen molar-refractivity contribution in [2.75, 3.05) is 0 Å². The Labute approximate surface area is 205 Å². The first kappa shape index (κ1) is 23.5. The molecule has 0 spiro atoms. The number of hydrogen-bond acceptors (Lipinski definition) is 6. The monoisotopic (exact) mass is 474 g/mol. The van der Waals surface area contributed by atoms with Crippen LogP contribution in [0.1, 0.15) is 86.7 Å². The van der Waals surface area contributed by atoms with E-state index in [1.54, 1.807) is 6.26 Å². The van der Waals surface area contributed by atoms with E-state index in [4.69, 9.17) is 4.42 Å². The molecular formula is C27H34N6O2. The van der Waals surface area contributed by atoms with E-state index in [1.165, 1.54) is 19.3 Å². The van der Waals surface area contributed by atoms with Gasteiger partial charge in [0.05, 0.1) is 30.4 Å². The Balaban J connectivity index is 1.53. The van der Waals surface area contributed by atoms with Crippen LogP contribution in [-0.2, 0) is 13.1 Å². The molecule has 1 atom stereocenters. The van der Waals surface area contributed by atoms with Gasteiger partial charge in [0, 0.05) is 12.1 Å². The third-order valence-electron chi connectivity index (χ3n) is 7.22. The minimum absolute atomic E-state index is 0.0327. The van der Waals surface area contributed by atoms with Crippen LogP contribution in [-0.4, -0.2) is 30.1 Å². The SMILES string of the molecule is CCCC(c1nnnn1C1CCCCC1)N(Cc1ccco1)Cc1cc2cccc(C)c2[nH]c1=O. The predicted octanol–water partition coefficient (Wildman–Crippen LogP) is 5.46. The van der Waals surface area contributed by atoms with Crippen LogP contribution in [0, 0.1) is 6.92 Å². The molecule has 0 bridgehead atoms. The molecule has 0 amide bonds. The third-order valence-corrected chi connectivity index (χ3v) is 7.22. The summed E-state index contributed by atoms with van der Waals surface area (Å²) in [5.41, 5.74) is 2.63. The van der Waals surface area contributed by atoms with Crippen molar-refractivity contribution in [2.24, 2.45) is 0 Å². The Morgan fingerprint density at radius 1 is 1.17 bits per heavy atom. The molecule has 1 aromatic carbocycles. The first-order valence-electron chi connectivity index (χ1n) is 12.8. The summed E-state index contributed by atoms with van der Waals surface area (Å²) < 4.78 is 7.78. The molecular weight excluding hydrogens is 440 g/mol. The molecule has 3 heterocycles. The number of rotatable bonds is 9. The number of furan rings is 1. The Kier molecular flexibility index (Phi) is 7.08. The molecule has 35 heavy (non-hydrogen) atoms. The smallest absolute Gasteiger partial charge is 0.252 e. The maximum absolute atomic E-state index is 13.2. The summed E-state index contributed by atoms with van der Waals surface area (Å²) in [4.78, 5) is 18.6. The minimum atomic E-state index is -0.0571. The maximum atomic E-state index is 13.2. The Morgan fingerprint density at radius 2 is 2.03 bits per heavy atom. The average molecular weight is 475 g/mol. The summed E-state index contributed by atoms with van der Waals surface area (Å²) in [6, 6.07) is 12.3. The zero-order valence-corrected chi connectivity index (χ0v) is 20.6. The molecule has 8 heteroatoms. The fraction of sp³-hybridized carbons (Fsp3) is 0.481. The number of hydrogen-bond donors (Lipinski definition) is 1. The van der Waals surface area contributed by atoms with Gasteiger partial charge < -0.3 is 9.40 Å². The number of nitrogens with zero attached hydrogens (tertiary/aromatic N) is 5. The molecule has 184 valence electrons. The van der Waals surface area contributed by atoms with Crippen LogP contribution in [0.4, 0.5) is 0 Å². The van der Waals surface area contributed by atoms with Crippen LogP contribution in [0.2, 0.25) is 0 Å². The molecule has 1 saturated carbocycles. The lowest BCUT2D eigenvalue weighted by Gasteiger charge is -2.32. The fourth-order valence-electron chi connectivity index (χ4n) is 5.40. The molecule has 3 aromatic heterocycles. The molecule has 1 N–H and O–H groups in total. The summed E-state index contributed by atoms with van der Waals surface area (Å²) in [6.07, 6.45) is 9.48. The van der Waals surface area contributed by atoms with Gasteiger partial charge in [0.2, 0.25) is 0 Å². The van der Waals surface area contributed by atoms with Gasteiger partial charge in [-0.25, -0.2) is 4.68 Å². The average Bonchev–Trinajstić information content (AvgIpc) is 3.56. The van der Waals surface area contributed by atoms with Crippen molar-refractivity contribution in [3.63, 3.8) is 0 Å². The summed E-state index contributed by atoms with van der Waals surface area (Å²) in [5, 5.41) is 14.1. The summed E-state index contributed by atoms with van der Waals surface area (Å²) >= 11 is 0. The van der Waals surface area contributed by atoms with Crippen LogP contribution >= 0.6 is 0 Å². The number of aromatic amines is 1. The Bertz CT molecular complexity index is 1300. The lowest BCUT2D eigenvalue weighted by atomic mass is 9.95. The number of benzene rings is 1. The third kappa shape index (κ3) is 5.07. The second kappa shape index (κ2) is 10.6. The number of tetrazole rings is 1. The zero-order chi connectivity index (χ0) is 24.2. The van der Waals surface area contributed by atoms with Crippen molar-refractivity contribution in [3.8, 4) is 0 Å². The number of aromatic nitrogens is 5. The van der Waals surface area contributed by atoms with Gasteiger partial charge in [0.15, 0.2) is 5.82 Å². The first-order valence-corrected chi connectivity index (χ1v) is 12.8. The van der Waals surface area contributed by atoms with Gasteiger partial charge in [-0.3, -0.25) is 9.69 Å². The number of H-pyrrole nitrogens is 1. The molecule has 1 aliphatic rings. The van der Waals surface area contributed by atoms with E-state index < -0.39 is 0 Å². The van der Waals surface area contributed by atoms with E-state index >= 15 is 0 Å². The van der Waals surface area contributed by atoms with Gasteiger partial charge in [-0.05, 0) is 65.8 Å². The fourth-order valence-corrected chi connectivity index (χ4v) is 5.40. The van der Waals surface area contributed by atoms with Crippen molar-refractivity contribution < 1.29 is 4.42 Å². The highest BCUT2D eigenvalue weighted by Crippen LogP contribution is 2.33. The van der Waals surface area contributed by atoms with Crippen LogP contribution in [0.5, 0.6) is 0 Å². The molecule has 1 unspecified atom stereocenters. The number of fused-ring (bicyclic) bond motifs is 1. The minimum Gasteiger partial charge on any atom is -0.468 e. The van der Waals surface area contributed by atoms with Gasteiger partial charge in [0.1, 0.15) is 5.76 Å². The number of aryl methyl sites for hydroxylation is 1. The summed E-state index contributed by atoms with van der Waals surface area (Å²) in [6.45, 7) is 5.24. The molecule has 4 aromatic rings. The second-order valence-corrected chi connectivity index (χ2v) is 9.73. The van der Waals surface area contributed by atoms with Gasteiger partial charge in [-0.15, -0.1) is 5.10 Å². The van der Waals surface area contributed by atoms with E-state index in [2.05, 4.69) is 37.0 Å². The van der Waals surface area contributed by atoms with E-state index in [1.807, 2.05) is 43.3 Å². The quantitative estimate of drug-likeness (QED) is 0.346. The highest BCUT2D eigenvalue weighted by Gasteiger charge is 2.30. The topological polar surface area (TPSA) is 92.8 Å². The van der Waals surface area contributed by atoms with Crippen molar-refractivity contribution >= 4 is 10.9 Å². The normalized spacial score (nSPS) is 15.7. The van der Waals surface area contributed by atoms with E-state index in [-0.39, 0.29) is 11.6 Å². The second-order valence-electron chi connectivity index (χ2n) is 9.73. The molecule has 0 radical (unpaired) electrons. The van der Waals surface area contributed by atoms with E-state index in [9.17, 15) is 4.79 Å². The van der Waals surface area contributed by atoms with E-state index in [0.717, 1.165) is 59.3 Å². The van der Waals surface area contributed by atoms with E-state index in [0.29, 0.717) is 19.1 Å². The molecule has 0 aliphatic heterocycles. The van der Waals surface area contributed by atoms with Gasteiger partial charge in [0.25, 0.3) is 5.56 Å². The van der Waals surface area contributed by atoms with Gasteiger partial charge in [-0.1, -0.05) is 50.8 Å². The number of para-hydroxylation sites is 1. The molecule has 5 rings (SSSR count). The summed E-state index contributed by atoms with van der Waals surface area (Å²) in [5.74, 6) is 1.74. The van der Waals surface area contributed by atoms with Crippen LogP contribution < -0.4 is 5.56 Å². The van der Waals surface area contributed by atoms with Crippen molar-refractivity contribution in [2.45, 2.75) is 84.0 Å². The van der Waals surface area contributed by atoms with Crippen LogP contribution in [0.3, 0.4) is 0 Å². The van der Waals surface area contributed by atoms with Crippen molar-refractivity contribution in [1.29, 1.82) is 0 Å². The molecule has 1 fully saturated rings. The maximum Gasteiger partial charge on any atom is 0.252 e. The van der Waals surface area contributed by atoms with Crippen molar-refractivity contribution in [3.05, 3.63) is 75.7 Å².